The molecule has 2 aromatic carbocycles. The van der Waals surface area contributed by atoms with E-state index in [0.717, 1.165) is 4.47 Å². The molecule has 0 radical (unpaired) electrons. The predicted molar refractivity (Wildman–Crippen MR) is 118 cm³/mol. The van der Waals surface area contributed by atoms with Crippen LogP contribution in [0.25, 0.3) is 10.9 Å². The summed E-state index contributed by atoms with van der Waals surface area (Å²) in [4.78, 5) is 17.5. The SMILES string of the molecule is CCc1nc2ccc(Br)cc2c(=O)n1N=Cc1cc(OC)c(OC)c(Cl)c1Br. The van der Waals surface area contributed by atoms with Gasteiger partial charge in [-0.25, -0.2) is 4.98 Å². The third-order valence-electron chi connectivity index (χ3n) is 4.08. The van der Waals surface area contributed by atoms with E-state index in [2.05, 4.69) is 41.9 Å². The topological polar surface area (TPSA) is 65.7 Å². The number of methoxy groups -OCH3 is 2. The standard InChI is InChI=1S/C19H16Br2ClN3O3/c1-4-15-24-13-6-5-11(20)8-12(13)19(26)25(15)23-9-10-7-14(27-2)18(28-3)17(22)16(10)21/h5-9H,4H2,1-3H3. The molecule has 1 aromatic heterocycles. The van der Waals surface area contributed by atoms with Crippen LogP contribution in [0.4, 0.5) is 0 Å². The average molecular weight is 530 g/mol. The highest BCUT2D eigenvalue weighted by atomic mass is 79.9. The fraction of sp³-hybridized carbons (Fsp3) is 0.211. The Hall–Kier alpha value is -1.90. The van der Waals surface area contributed by atoms with Crippen molar-refractivity contribution in [3.8, 4) is 11.5 Å². The van der Waals surface area contributed by atoms with E-state index >= 15 is 0 Å². The zero-order valence-electron chi connectivity index (χ0n) is 15.3. The van der Waals surface area contributed by atoms with Crippen molar-refractivity contribution in [3.63, 3.8) is 0 Å². The number of hydrogen-bond donors (Lipinski definition) is 0. The zero-order chi connectivity index (χ0) is 20.4. The van der Waals surface area contributed by atoms with Crippen LogP contribution < -0.4 is 15.0 Å². The molecule has 0 saturated heterocycles. The van der Waals surface area contributed by atoms with Gasteiger partial charge < -0.3 is 9.47 Å². The molecule has 0 saturated carbocycles. The number of fused-ring (bicyclic) bond motifs is 1. The second-order valence-electron chi connectivity index (χ2n) is 5.73. The molecule has 0 atom stereocenters. The van der Waals surface area contributed by atoms with Crippen molar-refractivity contribution in [2.45, 2.75) is 13.3 Å². The van der Waals surface area contributed by atoms with Gasteiger partial charge in [0, 0.05) is 20.9 Å². The number of hydrogen-bond acceptors (Lipinski definition) is 5. The van der Waals surface area contributed by atoms with Crippen LogP contribution in [0.5, 0.6) is 11.5 Å². The zero-order valence-corrected chi connectivity index (χ0v) is 19.2. The highest BCUT2D eigenvalue weighted by Gasteiger charge is 2.16. The van der Waals surface area contributed by atoms with Gasteiger partial charge in [0.05, 0.1) is 31.3 Å². The van der Waals surface area contributed by atoms with Crippen LogP contribution in [0.3, 0.4) is 0 Å². The summed E-state index contributed by atoms with van der Waals surface area (Å²) in [7, 11) is 3.03. The lowest BCUT2D eigenvalue weighted by atomic mass is 10.2. The summed E-state index contributed by atoms with van der Waals surface area (Å²) < 4.78 is 13.3. The number of halogens is 3. The van der Waals surface area contributed by atoms with Gasteiger partial charge in [0.15, 0.2) is 11.5 Å². The van der Waals surface area contributed by atoms with Gasteiger partial charge in [-0.3, -0.25) is 4.79 Å². The molecule has 0 aliphatic heterocycles. The maximum atomic E-state index is 13.0. The highest BCUT2D eigenvalue weighted by molar-refractivity contribution is 9.10. The van der Waals surface area contributed by atoms with E-state index in [0.29, 0.717) is 49.7 Å². The van der Waals surface area contributed by atoms with Crippen LogP contribution in [0.15, 0.2) is 43.1 Å². The number of nitrogens with zero attached hydrogens (tertiary/aromatic N) is 3. The minimum atomic E-state index is -0.248. The van der Waals surface area contributed by atoms with E-state index < -0.39 is 0 Å². The van der Waals surface area contributed by atoms with Crippen molar-refractivity contribution in [3.05, 3.63) is 60.0 Å². The van der Waals surface area contributed by atoms with Gasteiger partial charge >= 0.3 is 0 Å². The first-order valence-corrected chi connectivity index (χ1v) is 10.2. The van der Waals surface area contributed by atoms with Crippen LogP contribution in [-0.2, 0) is 6.42 Å². The molecule has 146 valence electrons. The average Bonchev–Trinajstić information content (AvgIpc) is 2.70. The van der Waals surface area contributed by atoms with E-state index in [1.165, 1.54) is 25.1 Å². The first kappa shape index (κ1) is 20.8. The maximum absolute atomic E-state index is 13.0. The molecule has 28 heavy (non-hydrogen) atoms. The Bertz CT molecular complexity index is 1150. The molecule has 3 aromatic rings. The van der Waals surface area contributed by atoms with E-state index in [9.17, 15) is 4.79 Å². The molecule has 0 fully saturated rings. The lowest BCUT2D eigenvalue weighted by molar-refractivity contribution is 0.355. The van der Waals surface area contributed by atoms with Gasteiger partial charge in [0.25, 0.3) is 5.56 Å². The third kappa shape index (κ3) is 3.81. The van der Waals surface area contributed by atoms with E-state index in [-0.39, 0.29) is 5.56 Å². The maximum Gasteiger partial charge on any atom is 0.282 e. The smallest absolute Gasteiger partial charge is 0.282 e. The Morgan fingerprint density at radius 1 is 1.25 bits per heavy atom. The van der Waals surface area contributed by atoms with Crippen LogP contribution in [-0.4, -0.2) is 30.1 Å². The van der Waals surface area contributed by atoms with Crippen molar-refractivity contribution in [2.24, 2.45) is 5.10 Å². The predicted octanol–water partition coefficient (Wildman–Crippen LogP) is 5.04. The van der Waals surface area contributed by atoms with Gasteiger partial charge in [-0.1, -0.05) is 34.5 Å². The Kier molecular flexibility index (Phi) is 6.42. The Morgan fingerprint density at radius 3 is 2.64 bits per heavy atom. The van der Waals surface area contributed by atoms with E-state index in [1.54, 1.807) is 18.2 Å². The summed E-state index contributed by atoms with van der Waals surface area (Å²) in [6, 6.07) is 7.11. The van der Waals surface area contributed by atoms with Gasteiger partial charge in [0.2, 0.25) is 0 Å². The second kappa shape index (κ2) is 8.63. The lowest BCUT2D eigenvalue weighted by Crippen LogP contribution is -2.22. The number of ether oxygens (including phenoxy) is 2. The third-order valence-corrected chi connectivity index (χ3v) is 6.02. The molecule has 0 bridgehead atoms. The molecule has 1 heterocycles. The molecular formula is C19H16Br2ClN3O3. The van der Waals surface area contributed by atoms with Crippen molar-refractivity contribution in [1.29, 1.82) is 0 Å². The molecule has 0 amide bonds. The molecule has 3 rings (SSSR count). The summed E-state index contributed by atoms with van der Waals surface area (Å²) in [5, 5.41) is 5.21. The molecule has 9 heteroatoms. The van der Waals surface area contributed by atoms with Crippen molar-refractivity contribution in [2.75, 3.05) is 14.2 Å². The van der Waals surface area contributed by atoms with Crippen LogP contribution in [0, 0.1) is 0 Å². The van der Waals surface area contributed by atoms with E-state index in [1.807, 2.05) is 13.0 Å². The first-order valence-electron chi connectivity index (χ1n) is 8.26. The monoisotopic (exact) mass is 527 g/mol. The molecule has 6 nitrogen and oxygen atoms in total. The lowest BCUT2D eigenvalue weighted by Gasteiger charge is -2.12. The number of rotatable bonds is 5. The number of aryl methyl sites for hydroxylation is 1. The van der Waals surface area contributed by atoms with E-state index in [4.69, 9.17) is 21.1 Å². The summed E-state index contributed by atoms with van der Waals surface area (Å²) >= 11 is 13.2. The van der Waals surface area contributed by atoms with Crippen molar-refractivity contribution >= 4 is 60.6 Å². The Morgan fingerprint density at radius 2 is 2.00 bits per heavy atom. The molecule has 0 spiro atoms. The second-order valence-corrected chi connectivity index (χ2v) is 7.82. The summed E-state index contributed by atoms with van der Waals surface area (Å²) in [5.41, 5.74) is 1.01. The Balaban J connectivity index is 2.17. The summed E-state index contributed by atoms with van der Waals surface area (Å²) in [6.07, 6.45) is 2.08. The largest absolute Gasteiger partial charge is 0.493 e. The minimum absolute atomic E-state index is 0.248. The molecule has 0 aliphatic carbocycles. The van der Waals surface area contributed by atoms with Gasteiger partial charge in [0.1, 0.15) is 10.8 Å². The van der Waals surface area contributed by atoms with Gasteiger partial charge in [-0.15, -0.1) is 0 Å². The minimum Gasteiger partial charge on any atom is -0.493 e. The quantitative estimate of drug-likeness (QED) is 0.435. The van der Waals surface area contributed by atoms with Crippen molar-refractivity contribution in [1.82, 2.24) is 9.66 Å². The Labute approximate surface area is 183 Å². The number of benzene rings is 2. The number of aromatic nitrogens is 2. The highest BCUT2D eigenvalue weighted by Crippen LogP contribution is 2.41. The van der Waals surface area contributed by atoms with Crippen LogP contribution >= 0.6 is 43.5 Å². The first-order chi connectivity index (χ1) is 13.4. The van der Waals surface area contributed by atoms with Gasteiger partial charge in [-0.05, 0) is 40.2 Å². The molecular weight excluding hydrogens is 513 g/mol. The molecule has 0 aliphatic rings. The molecule has 0 unspecified atom stereocenters. The van der Waals surface area contributed by atoms with Crippen LogP contribution in [0.2, 0.25) is 5.02 Å². The van der Waals surface area contributed by atoms with Crippen molar-refractivity contribution < 1.29 is 9.47 Å². The van der Waals surface area contributed by atoms with Gasteiger partial charge in [-0.2, -0.15) is 9.78 Å². The fourth-order valence-corrected chi connectivity index (χ4v) is 3.74. The summed E-state index contributed by atoms with van der Waals surface area (Å²) in [5.74, 6) is 1.43. The molecule has 0 N–H and O–H groups in total. The summed E-state index contributed by atoms with van der Waals surface area (Å²) in [6.45, 7) is 1.92. The van der Waals surface area contributed by atoms with Crippen LogP contribution in [0.1, 0.15) is 18.3 Å². The normalized spacial score (nSPS) is 11.4. The fourth-order valence-electron chi connectivity index (χ4n) is 2.70.